The van der Waals surface area contributed by atoms with Crippen molar-refractivity contribution in [3.8, 4) is 0 Å². The quantitative estimate of drug-likeness (QED) is 0.839. The van der Waals surface area contributed by atoms with E-state index in [1.54, 1.807) is 0 Å². The number of nitrogens with zero attached hydrogens (tertiary/aromatic N) is 2. The van der Waals surface area contributed by atoms with Crippen LogP contribution in [-0.2, 0) is 5.54 Å². The van der Waals surface area contributed by atoms with Crippen LogP contribution in [0.3, 0.4) is 0 Å². The van der Waals surface area contributed by atoms with Gasteiger partial charge in [0.05, 0.1) is 12.1 Å². The summed E-state index contributed by atoms with van der Waals surface area (Å²) in [4.78, 5) is 6.98. The van der Waals surface area contributed by atoms with E-state index >= 15 is 0 Å². The molecule has 0 saturated heterocycles. The van der Waals surface area contributed by atoms with Crippen molar-refractivity contribution < 1.29 is 0 Å². The molecule has 0 radical (unpaired) electrons. The predicted octanol–water partition coefficient (Wildman–Crippen LogP) is 3.25. The van der Waals surface area contributed by atoms with Crippen LogP contribution in [0, 0.1) is 0 Å². The lowest BCUT2D eigenvalue weighted by Gasteiger charge is -2.42. The molecular weight excluding hydrogens is 246 g/mol. The molecule has 1 saturated carbocycles. The molecule has 2 N–H and O–H groups in total. The van der Waals surface area contributed by atoms with E-state index in [2.05, 4.69) is 47.1 Å². The molecule has 1 aromatic carbocycles. The molecule has 1 unspecified atom stereocenters. The molecule has 108 valence electrons. The fourth-order valence-corrected chi connectivity index (χ4v) is 3.77. The summed E-state index contributed by atoms with van der Waals surface area (Å²) in [7, 11) is 0. The molecule has 1 fully saturated rings. The summed E-state index contributed by atoms with van der Waals surface area (Å²) < 4.78 is 0. The highest BCUT2D eigenvalue weighted by Crippen LogP contribution is 2.37. The number of benzene rings is 1. The fraction of sp³-hybridized carbons (Fsp3) is 0.588. The monoisotopic (exact) mass is 271 g/mol. The van der Waals surface area contributed by atoms with Crippen LogP contribution in [0.25, 0.3) is 0 Å². The van der Waals surface area contributed by atoms with E-state index in [1.165, 1.54) is 44.1 Å². The highest BCUT2D eigenvalue weighted by Gasteiger charge is 2.42. The van der Waals surface area contributed by atoms with Crippen molar-refractivity contribution >= 4 is 5.96 Å². The average molecular weight is 271 g/mol. The number of guanidine groups is 1. The summed E-state index contributed by atoms with van der Waals surface area (Å²) in [5, 5.41) is 0. The van der Waals surface area contributed by atoms with Crippen LogP contribution in [0.5, 0.6) is 0 Å². The molecule has 0 spiro atoms. The first-order valence-electron chi connectivity index (χ1n) is 7.86. The third-order valence-electron chi connectivity index (χ3n) is 4.91. The van der Waals surface area contributed by atoms with Crippen LogP contribution in [0.4, 0.5) is 0 Å². The van der Waals surface area contributed by atoms with Gasteiger partial charge in [-0.3, -0.25) is 4.99 Å². The van der Waals surface area contributed by atoms with Gasteiger partial charge >= 0.3 is 0 Å². The Kier molecular flexibility index (Phi) is 3.68. The Morgan fingerprint density at radius 2 is 1.75 bits per heavy atom. The van der Waals surface area contributed by atoms with Crippen LogP contribution in [0.15, 0.2) is 35.3 Å². The lowest BCUT2D eigenvalue weighted by atomic mass is 9.88. The zero-order valence-electron chi connectivity index (χ0n) is 12.4. The maximum atomic E-state index is 6.25. The number of hydrogen-bond donors (Lipinski definition) is 1. The molecule has 1 atom stereocenters. The van der Waals surface area contributed by atoms with Crippen molar-refractivity contribution in [2.75, 3.05) is 6.54 Å². The van der Waals surface area contributed by atoms with Crippen molar-refractivity contribution in [2.45, 2.75) is 57.0 Å². The topological polar surface area (TPSA) is 41.6 Å². The second-order valence-electron chi connectivity index (χ2n) is 6.33. The minimum Gasteiger partial charge on any atom is -0.370 e. The molecule has 1 aliphatic carbocycles. The van der Waals surface area contributed by atoms with Crippen LogP contribution in [-0.4, -0.2) is 23.4 Å². The van der Waals surface area contributed by atoms with Crippen LogP contribution >= 0.6 is 0 Å². The zero-order chi connectivity index (χ0) is 14.0. The summed E-state index contributed by atoms with van der Waals surface area (Å²) in [6, 6.07) is 11.3. The number of aliphatic imine (C=N–C) groups is 1. The Bertz CT molecular complexity index is 474. The van der Waals surface area contributed by atoms with Gasteiger partial charge in [-0.05, 0) is 25.3 Å². The first kappa shape index (κ1) is 13.5. The number of hydrogen-bond acceptors (Lipinski definition) is 3. The molecule has 3 rings (SSSR count). The molecule has 3 heteroatoms. The van der Waals surface area contributed by atoms with E-state index in [4.69, 9.17) is 5.73 Å². The van der Waals surface area contributed by atoms with Crippen molar-refractivity contribution in [1.82, 2.24) is 4.90 Å². The van der Waals surface area contributed by atoms with Crippen LogP contribution in [0.1, 0.15) is 51.0 Å². The second kappa shape index (κ2) is 5.47. The lowest BCUT2D eigenvalue weighted by molar-refractivity contribution is 0.152. The van der Waals surface area contributed by atoms with Gasteiger partial charge in [0.1, 0.15) is 0 Å². The zero-order valence-corrected chi connectivity index (χ0v) is 12.4. The average Bonchev–Trinajstić information content (AvgIpc) is 2.68. The highest BCUT2D eigenvalue weighted by molar-refractivity contribution is 5.81. The van der Waals surface area contributed by atoms with Crippen molar-refractivity contribution in [2.24, 2.45) is 10.7 Å². The molecule has 3 nitrogen and oxygen atoms in total. The van der Waals surface area contributed by atoms with E-state index < -0.39 is 0 Å². The van der Waals surface area contributed by atoms with Gasteiger partial charge in [-0.25, -0.2) is 0 Å². The van der Waals surface area contributed by atoms with Gasteiger partial charge in [-0.15, -0.1) is 0 Å². The fourth-order valence-electron chi connectivity index (χ4n) is 3.77. The minimum atomic E-state index is -0.0691. The van der Waals surface area contributed by atoms with Gasteiger partial charge in [0.15, 0.2) is 5.96 Å². The first-order valence-corrected chi connectivity index (χ1v) is 7.86. The van der Waals surface area contributed by atoms with Crippen molar-refractivity contribution in [3.63, 3.8) is 0 Å². The third kappa shape index (κ3) is 2.30. The Labute approximate surface area is 121 Å². The molecule has 2 aliphatic rings. The van der Waals surface area contributed by atoms with E-state index in [0.29, 0.717) is 6.04 Å². The largest absolute Gasteiger partial charge is 0.370 e. The molecule has 20 heavy (non-hydrogen) atoms. The Morgan fingerprint density at radius 1 is 1.10 bits per heavy atom. The molecule has 0 amide bonds. The Balaban J connectivity index is 1.91. The molecule has 1 aromatic rings. The van der Waals surface area contributed by atoms with Crippen molar-refractivity contribution in [1.29, 1.82) is 0 Å². The van der Waals surface area contributed by atoms with Crippen molar-refractivity contribution in [3.05, 3.63) is 35.9 Å². The standard InChI is InChI=1S/C17H25N3/c1-17(14-9-5-4-6-10-14)13-19-16(18)20(17)15-11-7-2-3-8-12-15/h4-6,9-10,15H,2-3,7-8,11-13H2,1H3,(H2,18,19). The Hall–Kier alpha value is -1.51. The van der Waals surface area contributed by atoms with Crippen LogP contribution < -0.4 is 5.73 Å². The van der Waals surface area contributed by atoms with Gasteiger partial charge in [0.2, 0.25) is 0 Å². The van der Waals surface area contributed by atoms with Gasteiger partial charge in [-0.2, -0.15) is 0 Å². The Morgan fingerprint density at radius 3 is 2.40 bits per heavy atom. The molecule has 0 bridgehead atoms. The minimum absolute atomic E-state index is 0.0691. The molecule has 1 heterocycles. The predicted molar refractivity (Wildman–Crippen MR) is 83.6 cm³/mol. The van der Waals surface area contributed by atoms with Crippen LogP contribution in [0.2, 0.25) is 0 Å². The first-order chi connectivity index (χ1) is 9.72. The third-order valence-corrected chi connectivity index (χ3v) is 4.91. The molecule has 1 aliphatic heterocycles. The van der Waals surface area contributed by atoms with E-state index in [9.17, 15) is 0 Å². The summed E-state index contributed by atoms with van der Waals surface area (Å²) in [6.45, 7) is 3.07. The second-order valence-corrected chi connectivity index (χ2v) is 6.33. The van der Waals surface area contributed by atoms with Gasteiger partial charge in [-0.1, -0.05) is 56.0 Å². The lowest BCUT2D eigenvalue weighted by Crippen LogP contribution is -2.52. The van der Waals surface area contributed by atoms with Gasteiger partial charge < -0.3 is 10.6 Å². The summed E-state index contributed by atoms with van der Waals surface area (Å²) in [5.41, 5.74) is 7.51. The normalized spacial score (nSPS) is 28.2. The van der Waals surface area contributed by atoms with E-state index in [0.717, 1.165) is 12.5 Å². The number of nitrogens with two attached hydrogens (primary N) is 1. The van der Waals surface area contributed by atoms with E-state index in [-0.39, 0.29) is 5.54 Å². The van der Waals surface area contributed by atoms with E-state index in [1.807, 2.05) is 0 Å². The highest BCUT2D eigenvalue weighted by atomic mass is 15.4. The van der Waals surface area contributed by atoms with Gasteiger partial charge in [0.25, 0.3) is 0 Å². The maximum absolute atomic E-state index is 6.25. The maximum Gasteiger partial charge on any atom is 0.192 e. The smallest absolute Gasteiger partial charge is 0.192 e. The number of rotatable bonds is 2. The summed E-state index contributed by atoms with van der Waals surface area (Å²) in [5.74, 6) is 0.739. The molecular formula is C17H25N3. The van der Waals surface area contributed by atoms with Gasteiger partial charge in [0, 0.05) is 6.04 Å². The summed E-state index contributed by atoms with van der Waals surface area (Å²) in [6.07, 6.45) is 7.86. The molecule has 0 aromatic heterocycles. The SMILES string of the molecule is CC1(c2ccccc2)CN=C(N)N1C1CCCCCC1. The summed E-state index contributed by atoms with van der Waals surface area (Å²) >= 11 is 0.